The normalized spacial score (nSPS) is 10.4. The highest BCUT2D eigenvalue weighted by molar-refractivity contribution is 7.11. The van der Waals surface area contributed by atoms with Crippen molar-refractivity contribution in [3.8, 4) is 11.8 Å². The summed E-state index contributed by atoms with van der Waals surface area (Å²) in [6.45, 7) is 4.90. The monoisotopic (exact) mass is 302 g/mol. The molecule has 0 saturated carbocycles. The Morgan fingerprint density at radius 2 is 2.10 bits per heavy atom. The van der Waals surface area contributed by atoms with Crippen LogP contribution in [0.2, 0.25) is 0 Å². The van der Waals surface area contributed by atoms with Gasteiger partial charge in [0, 0.05) is 12.0 Å². The van der Waals surface area contributed by atoms with E-state index in [9.17, 15) is 0 Å². The van der Waals surface area contributed by atoms with Gasteiger partial charge in [-0.15, -0.1) is 11.3 Å². The van der Waals surface area contributed by atoms with E-state index in [-0.39, 0.29) is 0 Å². The number of hydrogen-bond donors (Lipinski definition) is 0. The third-order valence-corrected chi connectivity index (χ3v) is 4.11. The average molecular weight is 302 g/mol. The highest BCUT2D eigenvalue weighted by atomic mass is 32.1. The summed E-state index contributed by atoms with van der Waals surface area (Å²) >= 11 is 1.51. The first-order valence-electron chi connectivity index (χ1n) is 6.67. The molecule has 1 aromatic heterocycles. The van der Waals surface area contributed by atoms with Crippen LogP contribution in [0.5, 0.6) is 5.75 Å². The Kier molecular flexibility index (Phi) is 5.32. The van der Waals surface area contributed by atoms with Gasteiger partial charge in [-0.3, -0.25) is 0 Å². The van der Waals surface area contributed by atoms with Crippen LogP contribution in [0.15, 0.2) is 18.2 Å². The number of thiazole rings is 1. The Hall–Kier alpha value is -1.90. The maximum absolute atomic E-state index is 8.85. The fourth-order valence-electron chi connectivity index (χ4n) is 1.96. The van der Waals surface area contributed by atoms with E-state index < -0.39 is 0 Å². The Morgan fingerprint density at radius 1 is 1.29 bits per heavy atom. The molecular weight excluding hydrogens is 284 g/mol. The standard InChI is InChI=1S/C16H18N2O2S/c1-11-4-5-12(2)14(8-11)20-10-16-18-13(9-19-3)15(21-16)6-7-17/h4-5,8H,6,9-10H2,1-3H3. The second-order valence-electron chi connectivity index (χ2n) is 4.80. The predicted molar refractivity (Wildman–Crippen MR) is 82.4 cm³/mol. The van der Waals surface area contributed by atoms with E-state index >= 15 is 0 Å². The minimum atomic E-state index is 0.361. The van der Waals surface area contributed by atoms with Crippen molar-refractivity contribution < 1.29 is 9.47 Å². The minimum absolute atomic E-state index is 0.361. The molecule has 5 heteroatoms. The SMILES string of the molecule is COCc1nc(COc2cc(C)ccc2C)sc1CC#N. The minimum Gasteiger partial charge on any atom is -0.486 e. The number of aromatic nitrogens is 1. The number of methoxy groups -OCH3 is 1. The summed E-state index contributed by atoms with van der Waals surface area (Å²) in [5.41, 5.74) is 3.11. The number of aryl methyl sites for hydroxylation is 2. The van der Waals surface area contributed by atoms with Crippen molar-refractivity contribution in [1.82, 2.24) is 4.98 Å². The highest BCUT2D eigenvalue weighted by Gasteiger charge is 2.11. The lowest BCUT2D eigenvalue weighted by Crippen LogP contribution is -1.98. The van der Waals surface area contributed by atoms with Gasteiger partial charge in [0.1, 0.15) is 17.4 Å². The number of hydrogen-bond acceptors (Lipinski definition) is 5. The summed E-state index contributed by atoms with van der Waals surface area (Å²) in [4.78, 5) is 5.46. The third-order valence-electron chi connectivity index (χ3n) is 3.04. The van der Waals surface area contributed by atoms with Crippen molar-refractivity contribution in [3.63, 3.8) is 0 Å². The van der Waals surface area contributed by atoms with Crippen LogP contribution in [-0.4, -0.2) is 12.1 Å². The first-order chi connectivity index (χ1) is 10.1. The molecule has 0 amide bonds. The van der Waals surface area contributed by atoms with Crippen LogP contribution in [-0.2, 0) is 24.4 Å². The van der Waals surface area contributed by atoms with Gasteiger partial charge in [0.05, 0.1) is 24.8 Å². The van der Waals surface area contributed by atoms with Gasteiger partial charge in [-0.25, -0.2) is 4.98 Å². The Balaban J connectivity index is 2.11. The maximum atomic E-state index is 8.85. The molecule has 2 rings (SSSR count). The van der Waals surface area contributed by atoms with Crippen LogP contribution in [0.1, 0.15) is 26.7 Å². The number of rotatable bonds is 6. The van der Waals surface area contributed by atoms with Crippen molar-refractivity contribution in [2.75, 3.05) is 7.11 Å². The van der Waals surface area contributed by atoms with Crippen LogP contribution < -0.4 is 4.74 Å². The molecule has 2 aromatic rings. The van der Waals surface area contributed by atoms with E-state index in [2.05, 4.69) is 17.1 Å². The summed E-state index contributed by atoms with van der Waals surface area (Å²) in [6, 6.07) is 8.29. The van der Waals surface area contributed by atoms with Crippen molar-refractivity contribution in [1.29, 1.82) is 5.26 Å². The summed E-state index contributed by atoms with van der Waals surface area (Å²) in [5, 5.41) is 9.72. The maximum Gasteiger partial charge on any atom is 0.140 e. The lowest BCUT2D eigenvalue weighted by Gasteiger charge is -2.08. The van der Waals surface area contributed by atoms with Crippen LogP contribution in [0.25, 0.3) is 0 Å². The fraction of sp³-hybridized carbons (Fsp3) is 0.375. The molecule has 0 aliphatic heterocycles. The zero-order valence-electron chi connectivity index (χ0n) is 12.5. The molecular formula is C16H18N2O2S. The van der Waals surface area contributed by atoms with E-state index in [4.69, 9.17) is 14.7 Å². The lowest BCUT2D eigenvalue weighted by atomic mass is 10.1. The number of ether oxygens (including phenoxy) is 2. The molecule has 4 nitrogen and oxygen atoms in total. The molecule has 0 unspecified atom stereocenters. The summed E-state index contributed by atoms with van der Waals surface area (Å²) < 4.78 is 11.0. The van der Waals surface area contributed by atoms with Gasteiger partial charge in [-0.05, 0) is 31.0 Å². The lowest BCUT2D eigenvalue weighted by molar-refractivity contribution is 0.181. The van der Waals surface area contributed by atoms with Crippen LogP contribution >= 0.6 is 11.3 Å². The quantitative estimate of drug-likeness (QED) is 0.819. The molecule has 1 heterocycles. The molecule has 21 heavy (non-hydrogen) atoms. The third kappa shape index (κ3) is 4.03. The van der Waals surface area contributed by atoms with E-state index in [1.807, 2.05) is 26.0 Å². The fourth-order valence-corrected chi connectivity index (χ4v) is 2.88. The van der Waals surface area contributed by atoms with Gasteiger partial charge in [0.15, 0.2) is 0 Å². The smallest absolute Gasteiger partial charge is 0.140 e. The molecule has 0 radical (unpaired) electrons. The van der Waals surface area contributed by atoms with Gasteiger partial charge in [0.25, 0.3) is 0 Å². The van der Waals surface area contributed by atoms with E-state index in [1.54, 1.807) is 7.11 Å². The van der Waals surface area contributed by atoms with Gasteiger partial charge < -0.3 is 9.47 Å². The van der Waals surface area contributed by atoms with Crippen molar-refractivity contribution in [2.24, 2.45) is 0 Å². The van der Waals surface area contributed by atoms with E-state index in [1.165, 1.54) is 16.9 Å². The molecule has 0 fully saturated rings. The molecule has 0 bridgehead atoms. The molecule has 0 saturated heterocycles. The topological polar surface area (TPSA) is 55.1 Å². The number of nitrogens with zero attached hydrogens (tertiary/aromatic N) is 2. The second kappa shape index (κ2) is 7.21. The molecule has 0 aliphatic carbocycles. The Bertz CT molecular complexity index is 659. The predicted octanol–water partition coefficient (Wildman–Crippen LogP) is 3.55. The van der Waals surface area contributed by atoms with E-state index in [0.717, 1.165) is 26.9 Å². The summed E-state index contributed by atoms with van der Waals surface area (Å²) in [6.07, 6.45) is 0.361. The average Bonchev–Trinajstić information content (AvgIpc) is 2.83. The summed E-state index contributed by atoms with van der Waals surface area (Å²) in [5.74, 6) is 0.875. The van der Waals surface area contributed by atoms with Gasteiger partial charge in [-0.1, -0.05) is 12.1 Å². The van der Waals surface area contributed by atoms with Crippen LogP contribution in [0, 0.1) is 25.2 Å². The molecule has 0 atom stereocenters. The van der Waals surface area contributed by atoms with Gasteiger partial charge in [0.2, 0.25) is 0 Å². The molecule has 1 aromatic carbocycles. The number of benzene rings is 1. The molecule has 110 valence electrons. The first-order valence-corrected chi connectivity index (χ1v) is 7.49. The molecule has 0 aliphatic rings. The van der Waals surface area contributed by atoms with E-state index in [0.29, 0.717) is 19.6 Å². The summed E-state index contributed by atoms with van der Waals surface area (Å²) in [7, 11) is 1.63. The van der Waals surface area contributed by atoms with Crippen molar-refractivity contribution in [3.05, 3.63) is 44.9 Å². The highest BCUT2D eigenvalue weighted by Crippen LogP contribution is 2.24. The van der Waals surface area contributed by atoms with Crippen LogP contribution in [0.4, 0.5) is 0 Å². The van der Waals surface area contributed by atoms with Crippen molar-refractivity contribution in [2.45, 2.75) is 33.5 Å². The molecule has 0 N–H and O–H groups in total. The van der Waals surface area contributed by atoms with Gasteiger partial charge >= 0.3 is 0 Å². The Morgan fingerprint density at radius 3 is 2.81 bits per heavy atom. The van der Waals surface area contributed by atoms with Crippen molar-refractivity contribution >= 4 is 11.3 Å². The number of nitriles is 1. The van der Waals surface area contributed by atoms with Gasteiger partial charge in [-0.2, -0.15) is 5.26 Å². The van der Waals surface area contributed by atoms with Crippen LogP contribution in [0.3, 0.4) is 0 Å². The first kappa shape index (κ1) is 15.5. The Labute approximate surface area is 129 Å². The molecule has 0 spiro atoms. The zero-order chi connectivity index (χ0) is 15.2. The zero-order valence-corrected chi connectivity index (χ0v) is 13.3. The largest absolute Gasteiger partial charge is 0.486 e. The second-order valence-corrected chi connectivity index (χ2v) is 5.97.